The number of rotatable bonds is 6. The van der Waals surface area contributed by atoms with Crippen LogP contribution >= 0.6 is 0 Å². The summed E-state index contributed by atoms with van der Waals surface area (Å²) in [4.78, 5) is 20.6. The highest BCUT2D eigenvalue weighted by molar-refractivity contribution is 6.03. The number of para-hydroxylation sites is 3. The molecule has 0 aliphatic rings. The zero-order valence-electron chi connectivity index (χ0n) is 14.9. The highest BCUT2D eigenvalue weighted by atomic mass is 19.1. The number of anilines is 3. The van der Waals surface area contributed by atoms with E-state index in [1.165, 1.54) is 18.5 Å². The molecule has 0 aliphatic heterocycles. The van der Waals surface area contributed by atoms with Gasteiger partial charge in [0.15, 0.2) is 0 Å². The van der Waals surface area contributed by atoms with Crippen molar-refractivity contribution in [3.63, 3.8) is 0 Å². The fourth-order valence-electron chi connectivity index (χ4n) is 2.32. The van der Waals surface area contributed by atoms with E-state index >= 15 is 0 Å². The molecule has 3 aromatic rings. The largest absolute Gasteiger partial charge is 0.489 e. The lowest BCUT2D eigenvalue weighted by Gasteiger charge is -2.14. The van der Waals surface area contributed by atoms with Crippen molar-refractivity contribution < 1.29 is 13.9 Å². The summed E-state index contributed by atoms with van der Waals surface area (Å²) in [6, 6.07) is 13.4. The Morgan fingerprint density at radius 3 is 2.37 bits per heavy atom. The molecule has 0 saturated heterocycles. The summed E-state index contributed by atoms with van der Waals surface area (Å²) in [7, 11) is 0. The molecule has 2 N–H and O–H groups in total. The predicted molar refractivity (Wildman–Crippen MR) is 102 cm³/mol. The van der Waals surface area contributed by atoms with E-state index in [2.05, 4.69) is 20.6 Å². The number of halogens is 1. The normalized spacial score (nSPS) is 10.5. The molecule has 2 aromatic carbocycles. The van der Waals surface area contributed by atoms with Gasteiger partial charge >= 0.3 is 0 Å². The van der Waals surface area contributed by atoms with E-state index in [4.69, 9.17) is 4.74 Å². The zero-order valence-corrected chi connectivity index (χ0v) is 14.9. The molecule has 0 unspecified atom stereocenters. The molecule has 0 spiro atoms. The van der Waals surface area contributed by atoms with Crippen LogP contribution < -0.4 is 15.4 Å². The van der Waals surface area contributed by atoms with Gasteiger partial charge in [-0.15, -0.1) is 0 Å². The number of nitrogens with one attached hydrogen (secondary N) is 2. The number of hydrogen-bond acceptors (Lipinski definition) is 5. The van der Waals surface area contributed by atoms with Crippen LogP contribution in [0.2, 0.25) is 0 Å². The van der Waals surface area contributed by atoms with E-state index in [-0.39, 0.29) is 17.5 Å². The molecule has 0 bridgehead atoms. The molecule has 7 heteroatoms. The molecular weight excluding hydrogens is 347 g/mol. The van der Waals surface area contributed by atoms with E-state index in [1.807, 2.05) is 19.9 Å². The first-order valence-corrected chi connectivity index (χ1v) is 8.43. The lowest BCUT2D eigenvalue weighted by atomic mass is 10.2. The minimum atomic E-state index is -0.417. The topological polar surface area (TPSA) is 76.1 Å². The number of benzene rings is 2. The second-order valence-electron chi connectivity index (χ2n) is 6.01. The minimum Gasteiger partial charge on any atom is -0.489 e. The van der Waals surface area contributed by atoms with Crippen molar-refractivity contribution in [1.29, 1.82) is 0 Å². The van der Waals surface area contributed by atoms with Gasteiger partial charge in [-0.25, -0.2) is 14.4 Å². The van der Waals surface area contributed by atoms with Crippen LogP contribution in [0.3, 0.4) is 0 Å². The highest BCUT2D eigenvalue weighted by Crippen LogP contribution is 2.25. The molecule has 0 fully saturated rings. The van der Waals surface area contributed by atoms with Crippen LogP contribution in [0, 0.1) is 5.82 Å². The predicted octanol–water partition coefficient (Wildman–Crippen LogP) is 4.40. The van der Waals surface area contributed by atoms with E-state index in [1.54, 1.807) is 36.4 Å². The molecule has 27 heavy (non-hydrogen) atoms. The molecule has 1 aromatic heterocycles. The van der Waals surface area contributed by atoms with Crippen molar-refractivity contribution in [2.75, 3.05) is 10.6 Å². The van der Waals surface area contributed by atoms with E-state index < -0.39 is 11.7 Å². The molecule has 1 amide bonds. The van der Waals surface area contributed by atoms with Gasteiger partial charge in [-0.05, 0) is 38.1 Å². The maximum absolute atomic E-state index is 13.7. The van der Waals surface area contributed by atoms with Crippen LogP contribution in [0.25, 0.3) is 0 Å². The molecular formula is C20H19FN4O2. The van der Waals surface area contributed by atoms with Crippen molar-refractivity contribution >= 4 is 23.1 Å². The average Bonchev–Trinajstić information content (AvgIpc) is 2.65. The van der Waals surface area contributed by atoms with Gasteiger partial charge < -0.3 is 15.4 Å². The first-order valence-electron chi connectivity index (χ1n) is 8.43. The number of carbonyl (C=O) groups excluding carboxylic acids is 1. The van der Waals surface area contributed by atoms with Gasteiger partial charge in [-0.3, -0.25) is 4.79 Å². The quantitative estimate of drug-likeness (QED) is 0.676. The Kier molecular flexibility index (Phi) is 5.61. The Bertz CT molecular complexity index is 929. The van der Waals surface area contributed by atoms with Gasteiger partial charge in [-0.1, -0.05) is 24.3 Å². The van der Waals surface area contributed by atoms with Crippen LogP contribution in [0.15, 0.2) is 60.9 Å². The smallest absolute Gasteiger partial charge is 0.275 e. The summed E-state index contributed by atoms with van der Waals surface area (Å²) in [5, 5.41) is 5.58. The van der Waals surface area contributed by atoms with Crippen molar-refractivity contribution in [2.24, 2.45) is 0 Å². The van der Waals surface area contributed by atoms with Gasteiger partial charge in [0.05, 0.1) is 29.9 Å². The van der Waals surface area contributed by atoms with Crippen molar-refractivity contribution in [3.05, 3.63) is 72.4 Å². The number of nitrogens with zero attached hydrogens (tertiary/aromatic N) is 2. The highest BCUT2D eigenvalue weighted by Gasteiger charge is 2.12. The number of hydrogen-bond donors (Lipinski definition) is 2. The Morgan fingerprint density at radius 2 is 1.70 bits per heavy atom. The molecule has 0 atom stereocenters. The second kappa shape index (κ2) is 8.27. The Hall–Kier alpha value is -3.48. The molecule has 0 radical (unpaired) electrons. The summed E-state index contributed by atoms with van der Waals surface area (Å²) in [5.74, 6) is 0.0921. The summed E-state index contributed by atoms with van der Waals surface area (Å²) in [6.45, 7) is 3.82. The number of ether oxygens (including phenoxy) is 1. The fraction of sp³-hybridized carbons (Fsp3) is 0.150. The SMILES string of the molecule is CC(C)Oc1ccccc1NC(=O)c1cnc(Nc2ccccc2F)cn1. The summed E-state index contributed by atoms with van der Waals surface area (Å²) >= 11 is 0. The Morgan fingerprint density at radius 1 is 1.00 bits per heavy atom. The maximum Gasteiger partial charge on any atom is 0.275 e. The average molecular weight is 366 g/mol. The molecule has 3 rings (SSSR count). The summed E-state index contributed by atoms with van der Waals surface area (Å²) in [5.41, 5.74) is 0.962. The molecule has 0 saturated carbocycles. The second-order valence-corrected chi connectivity index (χ2v) is 6.01. The van der Waals surface area contributed by atoms with E-state index in [0.29, 0.717) is 17.3 Å². The van der Waals surface area contributed by atoms with Crippen LogP contribution in [0.5, 0.6) is 5.75 Å². The first kappa shape index (κ1) is 18.3. The lowest BCUT2D eigenvalue weighted by Crippen LogP contribution is -2.16. The molecule has 1 heterocycles. The van der Waals surface area contributed by atoms with Crippen LogP contribution in [0.1, 0.15) is 24.3 Å². The lowest BCUT2D eigenvalue weighted by molar-refractivity contribution is 0.102. The number of carbonyl (C=O) groups is 1. The Labute approximate surface area is 156 Å². The zero-order chi connectivity index (χ0) is 19.2. The third kappa shape index (κ3) is 4.78. The summed E-state index contributed by atoms with van der Waals surface area (Å²) < 4.78 is 19.3. The maximum atomic E-state index is 13.7. The van der Waals surface area contributed by atoms with Gasteiger partial charge in [0.1, 0.15) is 23.1 Å². The number of aromatic nitrogens is 2. The first-order chi connectivity index (χ1) is 13.0. The van der Waals surface area contributed by atoms with Gasteiger partial charge in [-0.2, -0.15) is 0 Å². The van der Waals surface area contributed by atoms with E-state index in [0.717, 1.165) is 0 Å². The van der Waals surface area contributed by atoms with Crippen LogP contribution in [-0.2, 0) is 0 Å². The van der Waals surface area contributed by atoms with E-state index in [9.17, 15) is 9.18 Å². The summed E-state index contributed by atoms with van der Waals surface area (Å²) in [6.07, 6.45) is 2.68. The third-order valence-electron chi connectivity index (χ3n) is 3.52. The molecule has 6 nitrogen and oxygen atoms in total. The fourth-order valence-corrected chi connectivity index (χ4v) is 2.32. The molecule has 138 valence electrons. The number of amides is 1. The van der Waals surface area contributed by atoms with Gasteiger partial charge in [0.2, 0.25) is 0 Å². The Balaban J connectivity index is 1.70. The van der Waals surface area contributed by atoms with Gasteiger partial charge in [0, 0.05) is 0 Å². The third-order valence-corrected chi connectivity index (χ3v) is 3.52. The van der Waals surface area contributed by atoms with Crippen molar-refractivity contribution in [1.82, 2.24) is 9.97 Å². The van der Waals surface area contributed by atoms with Crippen LogP contribution in [-0.4, -0.2) is 22.0 Å². The van der Waals surface area contributed by atoms with Crippen molar-refractivity contribution in [3.8, 4) is 5.75 Å². The standard InChI is InChI=1S/C20H19FN4O2/c1-13(2)27-18-10-6-5-9-16(18)25-20(26)17-11-23-19(12-22-17)24-15-8-4-3-7-14(15)21/h3-13H,1-2H3,(H,23,24)(H,25,26). The van der Waals surface area contributed by atoms with Gasteiger partial charge in [0.25, 0.3) is 5.91 Å². The monoisotopic (exact) mass is 366 g/mol. The molecule has 0 aliphatic carbocycles. The van der Waals surface area contributed by atoms with Crippen molar-refractivity contribution in [2.45, 2.75) is 20.0 Å². The minimum absolute atomic E-state index is 0.0217. The van der Waals surface area contributed by atoms with Crippen LogP contribution in [0.4, 0.5) is 21.6 Å².